The van der Waals surface area contributed by atoms with Gasteiger partial charge in [-0.1, -0.05) is 74.4 Å². The van der Waals surface area contributed by atoms with Gasteiger partial charge in [-0.2, -0.15) is 0 Å². The summed E-state index contributed by atoms with van der Waals surface area (Å²) in [5.41, 5.74) is 7.52. The fourth-order valence-electron chi connectivity index (χ4n) is 4.01. The molecular formula is C27H35N3. The lowest BCUT2D eigenvalue weighted by Crippen LogP contribution is -2.29. The predicted molar refractivity (Wildman–Crippen MR) is 127 cm³/mol. The third kappa shape index (κ3) is 4.45. The minimum Gasteiger partial charge on any atom is -0.255 e. The highest BCUT2D eigenvalue weighted by Gasteiger charge is 2.34. The lowest BCUT2D eigenvalue weighted by Gasteiger charge is -2.37. The Balaban J connectivity index is 2.34. The lowest BCUT2D eigenvalue weighted by atomic mass is 9.68. The Morgan fingerprint density at radius 2 is 1.17 bits per heavy atom. The zero-order valence-corrected chi connectivity index (χ0v) is 20.0. The first-order valence-electron chi connectivity index (χ1n) is 10.7. The molecule has 3 aromatic heterocycles. The smallest absolute Gasteiger partial charge is 0.0926 e. The molecule has 0 amide bonds. The summed E-state index contributed by atoms with van der Waals surface area (Å²) in [5, 5.41) is 0. The number of nitrogens with zero attached hydrogens (tertiary/aromatic N) is 3. The third-order valence-corrected chi connectivity index (χ3v) is 5.31. The van der Waals surface area contributed by atoms with E-state index in [0.29, 0.717) is 0 Å². The van der Waals surface area contributed by atoms with E-state index in [1.807, 2.05) is 24.3 Å². The summed E-state index contributed by atoms with van der Waals surface area (Å²) in [6, 6.07) is 12.0. The van der Waals surface area contributed by atoms with Crippen molar-refractivity contribution in [1.82, 2.24) is 15.0 Å². The molecule has 0 aliphatic carbocycles. The number of pyridine rings is 3. The van der Waals surface area contributed by atoms with Crippen molar-refractivity contribution in [1.29, 1.82) is 0 Å². The van der Waals surface area contributed by atoms with Gasteiger partial charge in [0.1, 0.15) is 0 Å². The molecule has 0 saturated heterocycles. The van der Waals surface area contributed by atoms with E-state index >= 15 is 0 Å². The molecule has 0 saturated carbocycles. The Morgan fingerprint density at radius 3 is 1.70 bits per heavy atom. The highest BCUT2D eigenvalue weighted by molar-refractivity contribution is 5.68. The van der Waals surface area contributed by atoms with Gasteiger partial charge < -0.3 is 0 Å². The van der Waals surface area contributed by atoms with Crippen molar-refractivity contribution in [2.75, 3.05) is 0 Å². The number of hydrogen-bond acceptors (Lipinski definition) is 3. The number of hydrogen-bond donors (Lipinski definition) is 0. The van der Waals surface area contributed by atoms with E-state index in [2.05, 4.69) is 85.6 Å². The molecule has 3 aromatic rings. The minimum absolute atomic E-state index is 0.0113. The lowest BCUT2D eigenvalue weighted by molar-refractivity contribution is 0.495. The van der Waals surface area contributed by atoms with Crippen molar-refractivity contribution in [2.24, 2.45) is 0 Å². The first-order chi connectivity index (χ1) is 13.8. The monoisotopic (exact) mass is 401 g/mol. The summed E-state index contributed by atoms with van der Waals surface area (Å²) < 4.78 is 0. The largest absolute Gasteiger partial charge is 0.255 e. The Kier molecular flexibility index (Phi) is 5.62. The van der Waals surface area contributed by atoms with E-state index in [-0.39, 0.29) is 16.2 Å². The van der Waals surface area contributed by atoms with Crippen LogP contribution in [-0.4, -0.2) is 15.0 Å². The summed E-state index contributed by atoms with van der Waals surface area (Å²) >= 11 is 0. The van der Waals surface area contributed by atoms with Crippen molar-refractivity contribution >= 4 is 0 Å². The Labute approximate surface area is 182 Å². The van der Waals surface area contributed by atoms with Crippen molar-refractivity contribution in [3.63, 3.8) is 0 Å². The maximum absolute atomic E-state index is 5.01. The van der Waals surface area contributed by atoms with Crippen LogP contribution in [0.2, 0.25) is 0 Å². The van der Waals surface area contributed by atoms with Crippen LogP contribution >= 0.6 is 0 Å². The predicted octanol–water partition coefficient (Wildman–Crippen LogP) is 7.10. The average molecular weight is 402 g/mol. The van der Waals surface area contributed by atoms with Crippen molar-refractivity contribution in [3.8, 4) is 22.8 Å². The number of aromatic nitrogens is 3. The van der Waals surface area contributed by atoms with Crippen LogP contribution in [0.1, 0.15) is 79.0 Å². The summed E-state index contributed by atoms with van der Waals surface area (Å²) in [6.45, 7) is 20.5. The van der Waals surface area contributed by atoms with Crippen LogP contribution in [0.5, 0.6) is 0 Å². The molecule has 3 heterocycles. The molecule has 0 atom stereocenters. The molecular weight excluding hydrogens is 366 g/mol. The van der Waals surface area contributed by atoms with Crippen LogP contribution in [0.4, 0.5) is 0 Å². The first kappa shape index (κ1) is 22.1. The zero-order valence-electron chi connectivity index (χ0n) is 20.0. The summed E-state index contributed by atoms with van der Waals surface area (Å²) in [7, 11) is 0. The summed E-state index contributed by atoms with van der Waals surface area (Å²) in [5.74, 6) is 0. The van der Waals surface area contributed by atoms with Crippen LogP contribution in [-0.2, 0) is 16.2 Å². The Hall–Kier alpha value is -2.55. The molecule has 3 nitrogen and oxygen atoms in total. The quantitative estimate of drug-likeness (QED) is 0.460. The van der Waals surface area contributed by atoms with Crippen LogP contribution in [0.3, 0.4) is 0 Å². The molecule has 0 spiro atoms. The average Bonchev–Trinajstić information content (AvgIpc) is 2.65. The molecule has 3 rings (SSSR count). The molecule has 158 valence electrons. The molecule has 0 bridgehead atoms. The second kappa shape index (κ2) is 7.61. The van der Waals surface area contributed by atoms with Crippen LogP contribution in [0.25, 0.3) is 22.8 Å². The van der Waals surface area contributed by atoms with E-state index < -0.39 is 0 Å². The molecule has 0 N–H and O–H groups in total. The second-order valence-corrected chi connectivity index (χ2v) is 11.1. The van der Waals surface area contributed by atoms with E-state index in [4.69, 9.17) is 9.97 Å². The van der Waals surface area contributed by atoms with Crippen LogP contribution in [0, 0.1) is 0 Å². The number of rotatable bonds is 2. The second-order valence-electron chi connectivity index (χ2n) is 11.1. The van der Waals surface area contributed by atoms with Gasteiger partial charge in [0.05, 0.1) is 22.8 Å². The van der Waals surface area contributed by atoms with Crippen molar-refractivity contribution in [3.05, 3.63) is 65.5 Å². The highest BCUT2D eigenvalue weighted by Crippen LogP contribution is 2.44. The van der Waals surface area contributed by atoms with Gasteiger partial charge in [0.25, 0.3) is 0 Å². The summed E-state index contributed by atoms with van der Waals surface area (Å²) in [4.78, 5) is 14.5. The molecule has 3 heteroatoms. The van der Waals surface area contributed by atoms with Gasteiger partial charge in [-0.05, 0) is 57.2 Å². The maximum Gasteiger partial charge on any atom is 0.0926 e. The van der Waals surface area contributed by atoms with Gasteiger partial charge in [-0.15, -0.1) is 0 Å². The Bertz CT molecular complexity index is 1030. The van der Waals surface area contributed by atoms with E-state index in [1.165, 1.54) is 16.7 Å². The SMILES string of the molecule is CC(C)(C)c1cnc(-c2cccc(-c3ccccn3)n2)c(C(C)(C)C)c1C(C)(C)C. The van der Waals surface area contributed by atoms with Gasteiger partial charge in [0.2, 0.25) is 0 Å². The first-order valence-corrected chi connectivity index (χ1v) is 10.7. The molecule has 30 heavy (non-hydrogen) atoms. The normalized spacial score (nSPS) is 12.8. The van der Waals surface area contributed by atoms with Gasteiger partial charge in [0, 0.05) is 12.4 Å². The molecule has 0 aliphatic heterocycles. The maximum atomic E-state index is 5.01. The van der Waals surface area contributed by atoms with E-state index in [0.717, 1.165) is 22.8 Å². The fraction of sp³-hybridized carbons (Fsp3) is 0.444. The highest BCUT2D eigenvalue weighted by atomic mass is 14.8. The van der Waals surface area contributed by atoms with Crippen LogP contribution < -0.4 is 0 Å². The fourth-order valence-corrected chi connectivity index (χ4v) is 4.01. The van der Waals surface area contributed by atoms with Crippen molar-refractivity contribution in [2.45, 2.75) is 78.6 Å². The molecule has 0 aromatic carbocycles. The van der Waals surface area contributed by atoms with Gasteiger partial charge in [-0.3, -0.25) is 9.97 Å². The minimum atomic E-state index is -0.0745. The van der Waals surface area contributed by atoms with Gasteiger partial charge in [0.15, 0.2) is 0 Å². The Morgan fingerprint density at radius 1 is 0.567 bits per heavy atom. The van der Waals surface area contributed by atoms with Crippen molar-refractivity contribution < 1.29 is 0 Å². The van der Waals surface area contributed by atoms with Gasteiger partial charge in [-0.25, -0.2) is 4.98 Å². The standard InChI is InChI=1S/C27H35N3/c1-25(2,3)18-17-29-24(23(27(7,8)9)22(18)26(4,5)6)21-15-12-14-20(30-21)19-13-10-11-16-28-19/h10-17H,1-9H3. The zero-order chi connectivity index (χ0) is 22.3. The van der Waals surface area contributed by atoms with E-state index in [9.17, 15) is 0 Å². The molecule has 0 unspecified atom stereocenters. The van der Waals surface area contributed by atoms with Crippen LogP contribution in [0.15, 0.2) is 48.8 Å². The van der Waals surface area contributed by atoms with E-state index in [1.54, 1.807) is 6.20 Å². The summed E-state index contributed by atoms with van der Waals surface area (Å²) in [6.07, 6.45) is 3.87. The van der Waals surface area contributed by atoms with Gasteiger partial charge >= 0.3 is 0 Å². The molecule has 0 fully saturated rings. The third-order valence-electron chi connectivity index (χ3n) is 5.31. The molecule has 0 aliphatic rings. The topological polar surface area (TPSA) is 38.7 Å². The molecule has 0 radical (unpaired) electrons.